The molecule has 0 aromatic heterocycles. The van der Waals surface area contributed by atoms with Crippen LogP contribution >= 0.6 is 0 Å². The first kappa shape index (κ1) is 17.5. The summed E-state index contributed by atoms with van der Waals surface area (Å²) in [5.74, 6) is 2.05. The van der Waals surface area contributed by atoms with Gasteiger partial charge < -0.3 is 5.32 Å². The van der Waals surface area contributed by atoms with Crippen molar-refractivity contribution in [3.8, 4) is 0 Å². The Hall–Kier alpha value is -0.460. The fraction of sp³-hybridized carbons (Fsp3) is 0.882. The molecule has 0 amide bonds. The molecule has 0 rings (SSSR count). The Balaban J connectivity index is 4.41. The highest BCUT2D eigenvalue weighted by Crippen LogP contribution is 2.26. The molecule has 0 aromatic carbocycles. The van der Waals surface area contributed by atoms with E-state index in [2.05, 4.69) is 53.4 Å². The highest BCUT2D eigenvalue weighted by molar-refractivity contribution is 5.01. The van der Waals surface area contributed by atoms with Crippen molar-refractivity contribution in [1.29, 1.82) is 0 Å². The zero-order valence-corrected chi connectivity index (χ0v) is 13.6. The first-order valence-corrected chi connectivity index (χ1v) is 7.93. The average Bonchev–Trinajstić information content (AvgIpc) is 2.33. The maximum Gasteiger partial charge on any atom is 0.0278 e. The summed E-state index contributed by atoms with van der Waals surface area (Å²) in [4.78, 5) is 0. The largest absolute Gasteiger partial charge is 0.386 e. The van der Waals surface area contributed by atoms with E-state index in [1.54, 1.807) is 0 Å². The van der Waals surface area contributed by atoms with Gasteiger partial charge in [0.1, 0.15) is 0 Å². The number of rotatable bonds is 10. The Labute approximate surface area is 115 Å². The third-order valence-corrected chi connectivity index (χ3v) is 4.20. The summed E-state index contributed by atoms with van der Waals surface area (Å²) in [6, 6.07) is 0.574. The maximum absolute atomic E-state index is 4.31. The Morgan fingerprint density at radius 3 is 2.06 bits per heavy atom. The van der Waals surface area contributed by atoms with Crippen molar-refractivity contribution >= 4 is 0 Å². The molecule has 1 N–H and O–H groups in total. The second-order valence-electron chi connectivity index (χ2n) is 6.06. The summed E-state index contributed by atoms with van der Waals surface area (Å²) in [5.41, 5.74) is 1.27. The summed E-state index contributed by atoms with van der Waals surface area (Å²) in [6.07, 6.45) is 6.34. The summed E-state index contributed by atoms with van der Waals surface area (Å²) < 4.78 is 0. The molecule has 0 fully saturated rings. The molecule has 0 spiro atoms. The van der Waals surface area contributed by atoms with Crippen LogP contribution in [0.25, 0.3) is 0 Å². The molecule has 108 valence electrons. The number of hydrogen-bond donors (Lipinski definition) is 1. The van der Waals surface area contributed by atoms with Crippen molar-refractivity contribution < 1.29 is 0 Å². The van der Waals surface area contributed by atoms with Crippen LogP contribution in [-0.4, -0.2) is 6.04 Å². The average molecular weight is 253 g/mol. The van der Waals surface area contributed by atoms with E-state index in [1.165, 1.54) is 37.8 Å². The Morgan fingerprint density at radius 2 is 1.67 bits per heavy atom. The number of nitrogens with one attached hydrogen (secondary N) is 1. The van der Waals surface area contributed by atoms with E-state index >= 15 is 0 Å². The third-order valence-electron chi connectivity index (χ3n) is 4.20. The molecule has 3 unspecified atom stereocenters. The molecular formula is C17H35N. The summed E-state index contributed by atoms with van der Waals surface area (Å²) >= 11 is 0. The molecule has 0 aromatic rings. The molecule has 0 heterocycles. The van der Waals surface area contributed by atoms with Gasteiger partial charge in [-0.3, -0.25) is 0 Å². The zero-order chi connectivity index (χ0) is 14.1. The van der Waals surface area contributed by atoms with Gasteiger partial charge in [0.05, 0.1) is 0 Å². The first-order valence-electron chi connectivity index (χ1n) is 7.93. The van der Waals surface area contributed by atoms with Gasteiger partial charge in [-0.25, -0.2) is 0 Å². The second-order valence-corrected chi connectivity index (χ2v) is 6.06. The van der Waals surface area contributed by atoms with Gasteiger partial charge in [-0.15, -0.1) is 0 Å². The third kappa shape index (κ3) is 5.93. The van der Waals surface area contributed by atoms with Crippen LogP contribution in [0.15, 0.2) is 12.3 Å². The van der Waals surface area contributed by atoms with E-state index < -0.39 is 0 Å². The van der Waals surface area contributed by atoms with Crippen LogP contribution in [0.1, 0.15) is 73.6 Å². The minimum atomic E-state index is 0.574. The topological polar surface area (TPSA) is 12.0 Å². The minimum Gasteiger partial charge on any atom is -0.386 e. The van der Waals surface area contributed by atoms with E-state index in [4.69, 9.17) is 0 Å². The molecule has 0 aliphatic heterocycles. The molecule has 0 saturated carbocycles. The van der Waals surface area contributed by atoms with Crippen LogP contribution in [0.5, 0.6) is 0 Å². The summed E-state index contributed by atoms with van der Waals surface area (Å²) in [5, 5.41) is 3.68. The van der Waals surface area contributed by atoms with Crippen molar-refractivity contribution in [2.24, 2.45) is 17.8 Å². The predicted octanol–water partition coefficient (Wildman–Crippen LogP) is 5.38. The number of allylic oxidation sites excluding steroid dienone is 1. The van der Waals surface area contributed by atoms with Crippen LogP contribution in [-0.2, 0) is 0 Å². The van der Waals surface area contributed by atoms with Gasteiger partial charge in [-0.2, -0.15) is 0 Å². The molecule has 0 aliphatic rings. The quantitative estimate of drug-likeness (QED) is 0.551. The fourth-order valence-corrected chi connectivity index (χ4v) is 2.80. The maximum atomic E-state index is 4.31. The molecule has 0 aliphatic carbocycles. The summed E-state index contributed by atoms with van der Waals surface area (Å²) in [6.45, 7) is 18.1. The van der Waals surface area contributed by atoms with E-state index in [1.807, 2.05) is 0 Å². The molecule has 1 nitrogen and oxygen atoms in total. The number of unbranched alkanes of at least 4 members (excludes halogenated alkanes) is 1. The van der Waals surface area contributed by atoms with Gasteiger partial charge in [0.2, 0.25) is 0 Å². The molecule has 0 radical (unpaired) electrons. The lowest BCUT2D eigenvalue weighted by molar-refractivity contribution is 0.323. The smallest absolute Gasteiger partial charge is 0.0278 e. The molecule has 1 heteroatoms. The van der Waals surface area contributed by atoms with Crippen LogP contribution in [0.2, 0.25) is 0 Å². The van der Waals surface area contributed by atoms with Crippen molar-refractivity contribution in [3.05, 3.63) is 12.3 Å². The standard InChI is InChI=1S/C17H35N/c1-8-11-12-14(6)16(9-2)15(7)18-17(10-3)13(4)5/h13-14,16-18H,7-12H2,1-6H3. The minimum absolute atomic E-state index is 0.574. The van der Waals surface area contributed by atoms with Gasteiger partial charge in [-0.05, 0) is 24.7 Å². The van der Waals surface area contributed by atoms with E-state index in [0.29, 0.717) is 17.9 Å². The van der Waals surface area contributed by atoms with E-state index in [9.17, 15) is 0 Å². The lowest BCUT2D eigenvalue weighted by Gasteiger charge is -2.30. The highest BCUT2D eigenvalue weighted by Gasteiger charge is 2.20. The monoisotopic (exact) mass is 253 g/mol. The zero-order valence-electron chi connectivity index (χ0n) is 13.6. The second kappa shape index (κ2) is 9.47. The lowest BCUT2D eigenvalue weighted by atomic mass is 9.85. The molecule has 18 heavy (non-hydrogen) atoms. The highest BCUT2D eigenvalue weighted by atomic mass is 14.9. The van der Waals surface area contributed by atoms with Gasteiger partial charge in [0.15, 0.2) is 0 Å². The van der Waals surface area contributed by atoms with Gasteiger partial charge in [0.25, 0.3) is 0 Å². The van der Waals surface area contributed by atoms with Crippen molar-refractivity contribution in [2.75, 3.05) is 0 Å². The van der Waals surface area contributed by atoms with Crippen LogP contribution in [0.4, 0.5) is 0 Å². The van der Waals surface area contributed by atoms with E-state index in [0.717, 1.165) is 5.92 Å². The van der Waals surface area contributed by atoms with Crippen LogP contribution in [0.3, 0.4) is 0 Å². The van der Waals surface area contributed by atoms with Gasteiger partial charge in [0, 0.05) is 17.7 Å². The van der Waals surface area contributed by atoms with Crippen LogP contribution < -0.4 is 5.32 Å². The van der Waals surface area contributed by atoms with Gasteiger partial charge in [-0.1, -0.05) is 67.4 Å². The van der Waals surface area contributed by atoms with Crippen molar-refractivity contribution in [2.45, 2.75) is 79.7 Å². The molecule has 0 bridgehead atoms. The SMILES string of the molecule is C=C(NC(CC)C(C)C)C(CC)C(C)CCCC. The Kier molecular flexibility index (Phi) is 9.23. The molecule has 0 saturated heterocycles. The van der Waals surface area contributed by atoms with E-state index in [-0.39, 0.29) is 0 Å². The Morgan fingerprint density at radius 1 is 1.06 bits per heavy atom. The molecular weight excluding hydrogens is 218 g/mol. The van der Waals surface area contributed by atoms with Crippen LogP contribution in [0, 0.1) is 17.8 Å². The lowest BCUT2D eigenvalue weighted by Crippen LogP contribution is -2.36. The van der Waals surface area contributed by atoms with Crippen molar-refractivity contribution in [1.82, 2.24) is 5.32 Å². The number of hydrogen-bond acceptors (Lipinski definition) is 1. The summed E-state index contributed by atoms with van der Waals surface area (Å²) in [7, 11) is 0. The fourth-order valence-electron chi connectivity index (χ4n) is 2.80. The first-order chi connectivity index (χ1) is 8.47. The predicted molar refractivity (Wildman–Crippen MR) is 83.7 cm³/mol. The van der Waals surface area contributed by atoms with Crippen molar-refractivity contribution in [3.63, 3.8) is 0 Å². The normalized spacial score (nSPS) is 16.4. The molecule has 3 atom stereocenters. The van der Waals surface area contributed by atoms with Gasteiger partial charge >= 0.3 is 0 Å². The Bertz CT molecular complexity index is 220.